The summed E-state index contributed by atoms with van der Waals surface area (Å²) in [5.74, 6) is 4.71. The van der Waals surface area contributed by atoms with Crippen LogP contribution in [-0.4, -0.2) is 49.6 Å². The molecule has 2 heterocycles. The summed E-state index contributed by atoms with van der Waals surface area (Å²) >= 11 is 0. The van der Waals surface area contributed by atoms with Crippen molar-refractivity contribution in [3.63, 3.8) is 0 Å². The predicted molar refractivity (Wildman–Crippen MR) is 132 cm³/mol. The van der Waals surface area contributed by atoms with Gasteiger partial charge in [-0.2, -0.15) is 13.2 Å². The largest absolute Gasteiger partial charge is 0.495 e. The van der Waals surface area contributed by atoms with Crippen LogP contribution in [0.25, 0.3) is 10.9 Å². The number of anilines is 2. The number of amides is 1. The number of carbonyl (C=O) groups is 1. The fourth-order valence-corrected chi connectivity index (χ4v) is 4.22. The molecule has 0 bridgehead atoms. The zero-order valence-electron chi connectivity index (χ0n) is 20.0. The van der Waals surface area contributed by atoms with E-state index in [1.165, 1.54) is 31.4 Å². The van der Waals surface area contributed by atoms with Gasteiger partial charge in [-0.1, -0.05) is 5.92 Å². The number of alkyl halides is 3. The third-order valence-corrected chi connectivity index (χ3v) is 5.97. The molecule has 0 aliphatic carbocycles. The molecule has 3 aromatic rings. The molecular formula is C26H26F4N4O3. The fraction of sp³-hybridized carbons (Fsp3) is 0.346. The van der Waals surface area contributed by atoms with E-state index in [-0.39, 0.29) is 29.4 Å². The van der Waals surface area contributed by atoms with E-state index in [0.29, 0.717) is 48.6 Å². The lowest BCUT2D eigenvalue weighted by atomic mass is 10.1. The Labute approximate surface area is 210 Å². The number of nitrogens with zero attached hydrogens (tertiary/aromatic N) is 1. The van der Waals surface area contributed by atoms with Crippen LogP contribution in [-0.2, 0) is 11.3 Å². The van der Waals surface area contributed by atoms with Crippen LogP contribution in [0.5, 0.6) is 5.75 Å². The van der Waals surface area contributed by atoms with E-state index in [4.69, 9.17) is 15.2 Å². The highest BCUT2D eigenvalue weighted by atomic mass is 19.4. The first-order valence-corrected chi connectivity index (χ1v) is 11.6. The summed E-state index contributed by atoms with van der Waals surface area (Å²) in [7, 11) is 1.43. The number of fused-ring (bicyclic) bond motifs is 1. The SMILES string of the molecule is COc1cc(C(N)=O)ccc1NCC#Cc1cc2c(NC3CCOCC3)cc(F)cc2n1CC(F)(F)F. The number of halogens is 4. The molecule has 1 saturated heterocycles. The zero-order valence-corrected chi connectivity index (χ0v) is 20.0. The zero-order chi connectivity index (χ0) is 26.6. The van der Waals surface area contributed by atoms with Crippen molar-refractivity contribution in [3.05, 3.63) is 53.5 Å². The lowest BCUT2D eigenvalue weighted by molar-refractivity contribution is -0.140. The van der Waals surface area contributed by atoms with E-state index in [9.17, 15) is 22.4 Å². The number of nitrogens with one attached hydrogen (secondary N) is 2. The maximum Gasteiger partial charge on any atom is 0.406 e. The highest BCUT2D eigenvalue weighted by molar-refractivity contribution is 5.95. The quantitative estimate of drug-likeness (QED) is 0.317. The van der Waals surface area contributed by atoms with E-state index in [1.807, 2.05) is 0 Å². The summed E-state index contributed by atoms with van der Waals surface area (Å²) in [6.45, 7) is -0.117. The Morgan fingerprint density at radius 1 is 1.19 bits per heavy atom. The van der Waals surface area contributed by atoms with Crippen LogP contribution in [0.2, 0.25) is 0 Å². The second-order valence-electron chi connectivity index (χ2n) is 8.58. The van der Waals surface area contributed by atoms with Crippen molar-refractivity contribution in [2.24, 2.45) is 5.73 Å². The summed E-state index contributed by atoms with van der Waals surface area (Å²) in [5.41, 5.74) is 6.71. The number of rotatable bonds is 7. The van der Waals surface area contributed by atoms with Gasteiger partial charge in [0.1, 0.15) is 18.1 Å². The van der Waals surface area contributed by atoms with Gasteiger partial charge in [-0.05, 0) is 55.2 Å². The number of methoxy groups -OCH3 is 1. The molecule has 11 heteroatoms. The molecule has 0 saturated carbocycles. The predicted octanol–water partition coefficient (Wildman–Crippen LogP) is 4.50. The fourth-order valence-electron chi connectivity index (χ4n) is 4.22. The third-order valence-electron chi connectivity index (χ3n) is 5.97. The molecule has 4 rings (SSSR count). The molecule has 2 aromatic carbocycles. The summed E-state index contributed by atoms with van der Waals surface area (Å²) in [5, 5.41) is 6.73. The summed E-state index contributed by atoms with van der Waals surface area (Å²) in [6, 6.07) is 8.53. The minimum absolute atomic E-state index is 0.0272. The molecule has 0 radical (unpaired) electrons. The molecule has 0 spiro atoms. The summed E-state index contributed by atoms with van der Waals surface area (Å²) in [4.78, 5) is 11.4. The van der Waals surface area contributed by atoms with E-state index in [1.54, 1.807) is 6.07 Å². The number of carbonyl (C=O) groups excluding carboxylic acids is 1. The molecule has 1 aliphatic heterocycles. The van der Waals surface area contributed by atoms with Gasteiger partial charge in [0.15, 0.2) is 0 Å². The lowest BCUT2D eigenvalue weighted by Crippen LogP contribution is -2.27. The van der Waals surface area contributed by atoms with Gasteiger partial charge in [0, 0.05) is 35.9 Å². The molecule has 7 nitrogen and oxygen atoms in total. The minimum atomic E-state index is -4.53. The van der Waals surface area contributed by atoms with Gasteiger partial charge in [0.05, 0.1) is 30.6 Å². The van der Waals surface area contributed by atoms with E-state index >= 15 is 0 Å². The number of benzene rings is 2. The Morgan fingerprint density at radius 3 is 2.62 bits per heavy atom. The monoisotopic (exact) mass is 518 g/mol. The Hall–Kier alpha value is -3.91. The number of ether oxygens (including phenoxy) is 2. The Morgan fingerprint density at radius 2 is 1.95 bits per heavy atom. The first kappa shape index (κ1) is 26.2. The van der Waals surface area contributed by atoms with Crippen LogP contribution in [0.15, 0.2) is 36.4 Å². The van der Waals surface area contributed by atoms with Crippen LogP contribution in [0.4, 0.5) is 28.9 Å². The maximum atomic E-state index is 14.5. The van der Waals surface area contributed by atoms with Crippen LogP contribution < -0.4 is 21.1 Å². The van der Waals surface area contributed by atoms with Gasteiger partial charge < -0.3 is 30.4 Å². The van der Waals surface area contributed by atoms with Crippen LogP contribution in [0, 0.1) is 17.7 Å². The summed E-state index contributed by atoms with van der Waals surface area (Å²) < 4.78 is 66.3. The van der Waals surface area contributed by atoms with Gasteiger partial charge in [0.25, 0.3) is 0 Å². The van der Waals surface area contributed by atoms with Crippen molar-refractivity contribution in [1.29, 1.82) is 0 Å². The molecule has 1 aromatic heterocycles. The van der Waals surface area contributed by atoms with Crippen LogP contribution in [0.1, 0.15) is 28.9 Å². The molecule has 1 aliphatic rings. The van der Waals surface area contributed by atoms with Crippen molar-refractivity contribution < 1.29 is 31.8 Å². The molecule has 4 N–H and O–H groups in total. The number of aromatic nitrogens is 1. The Bertz CT molecular complexity index is 1350. The van der Waals surface area contributed by atoms with Crippen molar-refractivity contribution in [3.8, 4) is 17.6 Å². The van der Waals surface area contributed by atoms with E-state index in [0.717, 1.165) is 10.6 Å². The van der Waals surface area contributed by atoms with E-state index in [2.05, 4.69) is 22.5 Å². The Kier molecular flexibility index (Phi) is 7.78. The van der Waals surface area contributed by atoms with Crippen molar-refractivity contribution in [1.82, 2.24) is 4.57 Å². The third kappa shape index (κ3) is 6.46. The number of primary amides is 1. The molecule has 37 heavy (non-hydrogen) atoms. The molecule has 0 unspecified atom stereocenters. The molecule has 0 atom stereocenters. The van der Waals surface area contributed by atoms with Crippen LogP contribution in [0.3, 0.4) is 0 Å². The van der Waals surface area contributed by atoms with Gasteiger partial charge in [-0.3, -0.25) is 4.79 Å². The number of hydrogen-bond donors (Lipinski definition) is 3. The summed E-state index contributed by atoms with van der Waals surface area (Å²) in [6.07, 6.45) is -3.11. The van der Waals surface area contributed by atoms with Gasteiger partial charge >= 0.3 is 6.18 Å². The topological polar surface area (TPSA) is 90.5 Å². The number of nitrogens with two attached hydrogens (primary N) is 1. The maximum absolute atomic E-state index is 14.5. The molecule has 196 valence electrons. The van der Waals surface area contributed by atoms with Crippen molar-refractivity contribution >= 4 is 28.2 Å². The smallest absolute Gasteiger partial charge is 0.406 e. The Balaban J connectivity index is 1.63. The normalized spacial score (nSPS) is 14.2. The van der Waals surface area contributed by atoms with Crippen LogP contribution >= 0.6 is 0 Å². The van der Waals surface area contributed by atoms with Crippen molar-refractivity contribution in [2.45, 2.75) is 31.6 Å². The highest BCUT2D eigenvalue weighted by Gasteiger charge is 2.30. The number of hydrogen-bond acceptors (Lipinski definition) is 5. The van der Waals surface area contributed by atoms with Gasteiger partial charge in [-0.25, -0.2) is 4.39 Å². The average Bonchev–Trinajstić information content (AvgIpc) is 3.18. The van der Waals surface area contributed by atoms with Gasteiger partial charge in [0.2, 0.25) is 5.91 Å². The lowest BCUT2D eigenvalue weighted by Gasteiger charge is -2.24. The molecular weight excluding hydrogens is 492 g/mol. The van der Waals surface area contributed by atoms with E-state index < -0.39 is 24.4 Å². The van der Waals surface area contributed by atoms with Gasteiger partial charge in [-0.15, -0.1) is 0 Å². The second-order valence-corrected chi connectivity index (χ2v) is 8.58. The second kappa shape index (κ2) is 11.0. The minimum Gasteiger partial charge on any atom is -0.495 e. The highest BCUT2D eigenvalue weighted by Crippen LogP contribution is 2.32. The first-order valence-electron chi connectivity index (χ1n) is 11.6. The first-order chi connectivity index (χ1) is 17.6. The molecule has 1 amide bonds. The average molecular weight is 519 g/mol. The molecule has 1 fully saturated rings. The standard InChI is InChI=1S/C26H26F4N4O3/c1-36-24-11-16(25(31)35)4-5-21(24)32-8-2-3-19-14-20-22(33-18-6-9-37-10-7-18)12-17(27)13-23(20)34(19)15-26(28,29)30/h4-5,11-14,18,32-33H,6-10,15H2,1H3,(H2,31,35). The van der Waals surface area contributed by atoms with Crippen molar-refractivity contribution in [2.75, 3.05) is 37.5 Å².